The van der Waals surface area contributed by atoms with Crippen molar-refractivity contribution in [3.8, 4) is 10.6 Å². The van der Waals surface area contributed by atoms with E-state index < -0.39 is 17.7 Å². The highest BCUT2D eigenvalue weighted by molar-refractivity contribution is 7.21. The van der Waals surface area contributed by atoms with Gasteiger partial charge in [0.05, 0.1) is 28.0 Å². The van der Waals surface area contributed by atoms with Gasteiger partial charge in [-0.05, 0) is 42.8 Å². The van der Waals surface area contributed by atoms with Gasteiger partial charge in [0.15, 0.2) is 0 Å². The third kappa shape index (κ3) is 3.94. The zero-order valence-corrected chi connectivity index (χ0v) is 18.9. The number of nitrogens with zero attached hydrogens (tertiary/aromatic N) is 2. The molecule has 3 aromatic carbocycles. The Labute approximate surface area is 197 Å². The van der Waals surface area contributed by atoms with Gasteiger partial charge in [-0.3, -0.25) is 0 Å². The maximum Gasteiger partial charge on any atom is 0.416 e. The average Bonchev–Trinajstić information content (AvgIpc) is 3.38. The number of rotatable bonds is 5. The van der Waals surface area contributed by atoms with Gasteiger partial charge in [-0.15, -0.1) is 11.3 Å². The molecule has 34 heavy (non-hydrogen) atoms. The molecule has 0 atom stereocenters. The topological polar surface area (TPSA) is 44.1 Å². The summed E-state index contributed by atoms with van der Waals surface area (Å²) >= 11 is 1.46. The molecule has 0 radical (unpaired) electrons. The Morgan fingerprint density at radius 1 is 1.03 bits per heavy atom. The molecule has 0 aliphatic rings. The van der Waals surface area contributed by atoms with E-state index in [9.17, 15) is 18.0 Å². The minimum Gasteiger partial charge on any atom is -0.461 e. The minimum atomic E-state index is -4.45. The molecule has 2 aromatic heterocycles. The van der Waals surface area contributed by atoms with Gasteiger partial charge in [0.2, 0.25) is 0 Å². The van der Waals surface area contributed by atoms with Crippen molar-refractivity contribution in [2.75, 3.05) is 6.61 Å². The lowest BCUT2D eigenvalue weighted by atomic mass is 10.1. The monoisotopic (exact) mass is 480 g/mol. The lowest BCUT2D eigenvalue weighted by Gasteiger charge is -2.13. The Morgan fingerprint density at radius 3 is 2.56 bits per heavy atom. The average molecular weight is 481 g/mol. The smallest absolute Gasteiger partial charge is 0.416 e. The van der Waals surface area contributed by atoms with Gasteiger partial charge in [-0.2, -0.15) is 13.2 Å². The molecule has 0 amide bonds. The van der Waals surface area contributed by atoms with E-state index in [1.165, 1.54) is 17.4 Å². The predicted molar refractivity (Wildman–Crippen MR) is 127 cm³/mol. The fourth-order valence-corrected chi connectivity index (χ4v) is 5.13. The van der Waals surface area contributed by atoms with Crippen LogP contribution in [0.5, 0.6) is 0 Å². The highest BCUT2D eigenvalue weighted by Gasteiger charge is 2.31. The number of fused-ring (bicyclic) bond motifs is 2. The zero-order valence-electron chi connectivity index (χ0n) is 18.1. The first-order valence-electron chi connectivity index (χ1n) is 10.7. The predicted octanol–water partition coefficient (Wildman–Crippen LogP) is 7.16. The molecule has 2 heterocycles. The number of carbonyl (C=O) groups excluding carboxylic acids is 1. The van der Waals surface area contributed by atoms with Crippen molar-refractivity contribution in [3.63, 3.8) is 0 Å². The fourth-order valence-electron chi connectivity index (χ4n) is 4.10. The second-order valence-electron chi connectivity index (χ2n) is 7.73. The van der Waals surface area contributed by atoms with Crippen molar-refractivity contribution in [2.24, 2.45) is 0 Å². The second kappa shape index (κ2) is 8.61. The first-order chi connectivity index (χ1) is 16.4. The molecular weight excluding hydrogens is 461 g/mol. The van der Waals surface area contributed by atoms with Gasteiger partial charge in [-0.1, -0.05) is 42.5 Å². The summed E-state index contributed by atoms with van der Waals surface area (Å²) in [5, 5.41) is 1.44. The van der Waals surface area contributed by atoms with E-state index in [0.29, 0.717) is 16.1 Å². The van der Waals surface area contributed by atoms with Crippen LogP contribution in [0, 0.1) is 0 Å². The Morgan fingerprint density at radius 2 is 1.79 bits per heavy atom. The van der Waals surface area contributed by atoms with Crippen molar-refractivity contribution in [3.05, 3.63) is 89.6 Å². The quantitative estimate of drug-likeness (QED) is 0.251. The number of benzene rings is 3. The van der Waals surface area contributed by atoms with Crippen LogP contribution in [0.1, 0.15) is 28.5 Å². The van der Waals surface area contributed by atoms with E-state index >= 15 is 0 Å². The van der Waals surface area contributed by atoms with E-state index in [-0.39, 0.29) is 18.8 Å². The molecule has 8 heteroatoms. The molecule has 5 aromatic rings. The third-order valence-electron chi connectivity index (χ3n) is 5.54. The molecule has 0 aliphatic carbocycles. The number of halogens is 3. The number of hydrogen-bond donors (Lipinski definition) is 0. The Balaban J connectivity index is 1.75. The molecule has 0 fully saturated rings. The first kappa shape index (κ1) is 22.2. The van der Waals surface area contributed by atoms with Gasteiger partial charge < -0.3 is 9.30 Å². The summed E-state index contributed by atoms with van der Waals surface area (Å²) in [5.41, 5.74) is 2.13. The molecule has 0 aliphatic heterocycles. The van der Waals surface area contributed by atoms with Crippen LogP contribution in [0.4, 0.5) is 13.2 Å². The second-order valence-corrected chi connectivity index (χ2v) is 8.76. The molecular formula is C26H19F3N2O2S. The summed E-state index contributed by atoms with van der Waals surface area (Å²) in [4.78, 5) is 18.0. The number of ether oxygens (including phenoxy) is 1. The van der Waals surface area contributed by atoms with Crippen LogP contribution in [0.3, 0.4) is 0 Å². The van der Waals surface area contributed by atoms with E-state index in [1.807, 2.05) is 48.5 Å². The van der Waals surface area contributed by atoms with Gasteiger partial charge in [0.25, 0.3) is 0 Å². The summed E-state index contributed by atoms with van der Waals surface area (Å²) < 4.78 is 48.0. The summed E-state index contributed by atoms with van der Waals surface area (Å²) in [6.07, 6.45) is -4.45. The van der Waals surface area contributed by atoms with Crippen LogP contribution in [0.25, 0.3) is 31.7 Å². The first-order valence-corrected chi connectivity index (χ1v) is 11.5. The highest BCUT2D eigenvalue weighted by Crippen LogP contribution is 2.40. The SMILES string of the molecule is CCOC(=O)c1c(-c2nc3ccccc3s2)c2ccccc2n1Cc1cccc(C(F)(F)F)c1. The van der Waals surface area contributed by atoms with E-state index in [2.05, 4.69) is 0 Å². The minimum absolute atomic E-state index is 0.0729. The Kier molecular flexibility index (Phi) is 5.61. The molecule has 0 unspecified atom stereocenters. The normalized spacial score (nSPS) is 11.9. The molecule has 0 saturated heterocycles. The van der Waals surface area contributed by atoms with E-state index in [0.717, 1.165) is 33.3 Å². The van der Waals surface area contributed by atoms with E-state index in [4.69, 9.17) is 9.72 Å². The zero-order chi connectivity index (χ0) is 23.9. The number of hydrogen-bond acceptors (Lipinski definition) is 4. The van der Waals surface area contributed by atoms with E-state index in [1.54, 1.807) is 17.6 Å². The van der Waals surface area contributed by atoms with Crippen LogP contribution >= 0.6 is 11.3 Å². The molecule has 0 saturated carbocycles. The van der Waals surface area contributed by atoms with Gasteiger partial charge in [-0.25, -0.2) is 9.78 Å². The summed E-state index contributed by atoms with van der Waals surface area (Å²) in [7, 11) is 0. The molecule has 5 rings (SSSR count). The van der Waals surface area contributed by atoms with Crippen LogP contribution in [-0.4, -0.2) is 22.1 Å². The molecule has 0 N–H and O–H groups in total. The van der Waals surface area contributed by atoms with Crippen LogP contribution in [-0.2, 0) is 17.5 Å². The van der Waals surface area contributed by atoms with Gasteiger partial charge in [0.1, 0.15) is 10.7 Å². The standard InChI is InChI=1S/C26H19F3N2O2S/c1-2-33-25(32)23-22(24-30-19-11-4-6-13-21(19)34-24)18-10-3-5-12-20(18)31(23)15-16-8-7-9-17(14-16)26(27,28)29/h3-14H,2,15H2,1H3. The number of aromatic nitrogens is 2. The summed E-state index contributed by atoms with van der Waals surface area (Å²) in [6.45, 7) is 1.96. The molecule has 172 valence electrons. The van der Waals surface area contributed by atoms with Crippen molar-refractivity contribution >= 4 is 38.4 Å². The fraction of sp³-hybridized carbons (Fsp3) is 0.154. The van der Waals surface area contributed by atoms with Crippen LogP contribution < -0.4 is 0 Å². The lowest BCUT2D eigenvalue weighted by Crippen LogP contribution is -2.14. The van der Waals surface area contributed by atoms with Crippen molar-refractivity contribution < 1.29 is 22.7 Å². The number of esters is 1. The number of carbonyl (C=O) groups is 1. The molecule has 4 nitrogen and oxygen atoms in total. The van der Waals surface area contributed by atoms with Gasteiger partial charge in [0, 0.05) is 17.4 Å². The third-order valence-corrected chi connectivity index (χ3v) is 6.60. The maximum absolute atomic E-state index is 13.3. The Hall–Kier alpha value is -3.65. The lowest BCUT2D eigenvalue weighted by molar-refractivity contribution is -0.137. The van der Waals surface area contributed by atoms with Crippen LogP contribution in [0.2, 0.25) is 0 Å². The maximum atomic E-state index is 13.3. The van der Waals surface area contributed by atoms with Gasteiger partial charge >= 0.3 is 12.1 Å². The number of thiazole rings is 1. The van der Waals surface area contributed by atoms with Crippen molar-refractivity contribution in [1.82, 2.24) is 9.55 Å². The summed E-state index contributed by atoms with van der Waals surface area (Å²) in [6, 6.07) is 20.3. The largest absolute Gasteiger partial charge is 0.461 e. The molecule has 0 spiro atoms. The Bertz CT molecular complexity index is 1480. The highest BCUT2D eigenvalue weighted by atomic mass is 32.1. The summed E-state index contributed by atoms with van der Waals surface area (Å²) in [5.74, 6) is -0.542. The van der Waals surface area contributed by atoms with Crippen molar-refractivity contribution in [2.45, 2.75) is 19.6 Å². The molecule has 0 bridgehead atoms. The van der Waals surface area contributed by atoms with Crippen molar-refractivity contribution in [1.29, 1.82) is 0 Å². The van der Waals surface area contributed by atoms with Crippen LogP contribution in [0.15, 0.2) is 72.8 Å². The number of para-hydroxylation sites is 2. The number of alkyl halides is 3.